The summed E-state index contributed by atoms with van der Waals surface area (Å²) in [7, 11) is 0. The molecule has 1 aliphatic heterocycles. The smallest absolute Gasteiger partial charge is 0.269 e. The predicted molar refractivity (Wildman–Crippen MR) is 99.4 cm³/mol. The molecule has 1 fully saturated rings. The van der Waals surface area contributed by atoms with Gasteiger partial charge in [0.15, 0.2) is 0 Å². The van der Waals surface area contributed by atoms with E-state index in [0.717, 1.165) is 42.0 Å². The van der Waals surface area contributed by atoms with Crippen molar-refractivity contribution < 1.29 is 14.3 Å². The Morgan fingerprint density at radius 2 is 2.00 bits per heavy atom. The molecule has 0 radical (unpaired) electrons. The van der Waals surface area contributed by atoms with Crippen LogP contribution >= 0.6 is 11.3 Å². The van der Waals surface area contributed by atoms with Gasteiger partial charge in [-0.25, -0.2) is 4.98 Å². The Morgan fingerprint density at radius 1 is 1.19 bits per heavy atom. The zero-order valence-electron chi connectivity index (χ0n) is 14.0. The summed E-state index contributed by atoms with van der Waals surface area (Å²) in [6.07, 6.45) is 5.40. The number of hydrogen-bond acceptors (Lipinski definition) is 7. The van der Waals surface area contributed by atoms with Crippen LogP contribution in [0.3, 0.4) is 0 Å². The average Bonchev–Trinajstić information content (AvgIpc) is 3.10. The minimum atomic E-state index is -0.236. The lowest BCUT2D eigenvalue weighted by Crippen LogP contribution is -2.29. The fourth-order valence-corrected chi connectivity index (χ4v) is 3.47. The van der Waals surface area contributed by atoms with Crippen molar-refractivity contribution in [3.05, 3.63) is 48.3 Å². The Bertz CT molecular complexity index is 858. The summed E-state index contributed by atoms with van der Waals surface area (Å²) < 4.78 is 12.2. The van der Waals surface area contributed by atoms with Crippen LogP contribution in [0, 0.1) is 0 Å². The fraction of sp³-hybridized carbons (Fsp3) is 0.278. The summed E-state index contributed by atoms with van der Waals surface area (Å²) >= 11 is 1.43. The molecule has 134 valence electrons. The molecule has 0 spiro atoms. The summed E-state index contributed by atoms with van der Waals surface area (Å²) in [5.74, 6) is 0.528. The number of hydrazine groups is 1. The number of nitrogens with one attached hydrogen (secondary N) is 2. The van der Waals surface area contributed by atoms with Crippen molar-refractivity contribution in [2.75, 3.05) is 18.6 Å². The highest BCUT2D eigenvalue weighted by Gasteiger charge is 2.15. The highest BCUT2D eigenvalue weighted by Crippen LogP contribution is 2.24. The van der Waals surface area contributed by atoms with E-state index in [1.807, 2.05) is 18.2 Å². The average molecular weight is 370 g/mol. The van der Waals surface area contributed by atoms with Gasteiger partial charge in [-0.15, -0.1) is 0 Å². The van der Waals surface area contributed by atoms with Crippen molar-refractivity contribution in [3.8, 4) is 5.75 Å². The number of thiazole rings is 1. The van der Waals surface area contributed by atoms with Crippen molar-refractivity contribution in [2.45, 2.75) is 18.9 Å². The van der Waals surface area contributed by atoms with Crippen LogP contribution in [0.2, 0.25) is 0 Å². The highest BCUT2D eigenvalue weighted by atomic mass is 32.1. The molecule has 1 saturated heterocycles. The van der Waals surface area contributed by atoms with Gasteiger partial charge in [0.25, 0.3) is 5.91 Å². The number of fused-ring (bicyclic) bond motifs is 1. The summed E-state index contributed by atoms with van der Waals surface area (Å²) in [5, 5.41) is 0.612. The quantitative estimate of drug-likeness (QED) is 0.672. The molecule has 2 N–H and O–H groups in total. The molecule has 0 aliphatic carbocycles. The van der Waals surface area contributed by atoms with Gasteiger partial charge >= 0.3 is 0 Å². The molecule has 1 amide bonds. The van der Waals surface area contributed by atoms with Crippen molar-refractivity contribution in [1.82, 2.24) is 15.4 Å². The van der Waals surface area contributed by atoms with Gasteiger partial charge in [-0.05, 0) is 30.3 Å². The van der Waals surface area contributed by atoms with Crippen LogP contribution in [0.15, 0.2) is 42.7 Å². The molecule has 2 aromatic heterocycles. The molecule has 0 atom stereocenters. The minimum Gasteiger partial charge on any atom is -0.490 e. The van der Waals surface area contributed by atoms with E-state index >= 15 is 0 Å². The molecule has 0 unspecified atom stereocenters. The van der Waals surface area contributed by atoms with Gasteiger partial charge in [0.2, 0.25) is 5.13 Å². The number of hydrogen-bond donors (Lipinski definition) is 2. The third-order valence-corrected chi connectivity index (χ3v) is 4.98. The zero-order valence-corrected chi connectivity index (χ0v) is 14.8. The van der Waals surface area contributed by atoms with E-state index in [2.05, 4.69) is 20.8 Å². The molecular formula is C18H18N4O3S. The first-order valence-electron chi connectivity index (χ1n) is 8.39. The first kappa shape index (κ1) is 16.7. The third kappa shape index (κ3) is 3.92. The van der Waals surface area contributed by atoms with Gasteiger partial charge in [-0.2, -0.15) is 0 Å². The van der Waals surface area contributed by atoms with Crippen LogP contribution in [0.4, 0.5) is 5.13 Å². The SMILES string of the molecule is O=C(NNc1nc2ccncc2s1)c1ccc(OC2CCOCC2)cc1. The largest absolute Gasteiger partial charge is 0.490 e. The first-order valence-corrected chi connectivity index (χ1v) is 9.21. The van der Waals surface area contributed by atoms with Crippen LogP contribution in [-0.2, 0) is 4.74 Å². The van der Waals surface area contributed by atoms with Gasteiger partial charge < -0.3 is 9.47 Å². The standard InChI is InChI=1S/C18H18N4O3S/c23-17(21-22-18-20-15-5-8-19-11-16(15)26-18)12-1-3-13(4-2-12)25-14-6-9-24-10-7-14/h1-5,8,11,14H,6-7,9-10H2,(H,20,22)(H,21,23). The number of nitrogens with zero attached hydrogens (tertiary/aromatic N) is 2. The van der Waals surface area contributed by atoms with E-state index in [-0.39, 0.29) is 12.0 Å². The number of carbonyl (C=O) groups excluding carboxylic acids is 1. The second-order valence-corrected chi connectivity index (χ2v) is 6.93. The molecular weight excluding hydrogens is 352 g/mol. The summed E-state index contributed by atoms with van der Waals surface area (Å²) in [5.41, 5.74) is 6.89. The number of amides is 1. The number of ether oxygens (including phenoxy) is 2. The number of carbonyl (C=O) groups is 1. The molecule has 0 bridgehead atoms. The lowest BCUT2D eigenvalue weighted by molar-refractivity contribution is 0.0256. The molecule has 3 heterocycles. The second-order valence-electron chi connectivity index (χ2n) is 5.90. The van der Waals surface area contributed by atoms with Gasteiger partial charge in [-0.1, -0.05) is 11.3 Å². The minimum absolute atomic E-state index is 0.179. The van der Waals surface area contributed by atoms with Gasteiger partial charge in [0.1, 0.15) is 11.9 Å². The molecule has 0 saturated carbocycles. The molecule has 3 aromatic rings. The maximum absolute atomic E-state index is 12.3. The summed E-state index contributed by atoms with van der Waals surface area (Å²) in [6.45, 7) is 1.47. The molecule has 1 aliphatic rings. The lowest BCUT2D eigenvalue weighted by atomic mass is 10.1. The van der Waals surface area contributed by atoms with Crippen LogP contribution < -0.4 is 15.6 Å². The topological polar surface area (TPSA) is 85.4 Å². The second kappa shape index (κ2) is 7.67. The third-order valence-electron chi connectivity index (χ3n) is 4.06. The van der Waals surface area contributed by atoms with Gasteiger partial charge in [-0.3, -0.25) is 20.6 Å². The Hall–Kier alpha value is -2.71. The van der Waals surface area contributed by atoms with Gasteiger partial charge in [0.05, 0.1) is 23.4 Å². The number of benzene rings is 1. The fourth-order valence-electron chi connectivity index (χ4n) is 2.69. The lowest BCUT2D eigenvalue weighted by Gasteiger charge is -2.23. The maximum Gasteiger partial charge on any atom is 0.269 e. The molecule has 4 rings (SSSR count). The van der Waals surface area contributed by atoms with Crippen molar-refractivity contribution in [1.29, 1.82) is 0 Å². The Kier molecular flexibility index (Phi) is 4.94. The maximum atomic E-state index is 12.3. The molecule has 7 nitrogen and oxygen atoms in total. The van der Waals surface area contributed by atoms with E-state index in [1.165, 1.54) is 11.3 Å². The number of pyridine rings is 1. The van der Waals surface area contributed by atoms with Crippen molar-refractivity contribution in [2.24, 2.45) is 0 Å². The van der Waals surface area contributed by atoms with Crippen LogP contribution in [0.25, 0.3) is 10.2 Å². The van der Waals surface area contributed by atoms with Crippen LogP contribution in [0.5, 0.6) is 5.75 Å². The van der Waals surface area contributed by atoms with Crippen molar-refractivity contribution >= 4 is 32.6 Å². The predicted octanol–water partition coefficient (Wildman–Crippen LogP) is 3.01. The Balaban J connectivity index is 1.33. The number of rotatable bonds is 5. The highest BCUT2D eigenvalue weighted by molar-refractivity contribution is 7.22. The summed E-state index contributed by atoms with van der Waals surface area (Å²) in [6, 6.07) is 8.94. The molecule has 26 heavy (non-hydrogen) atoms. The van der Waals surface area contributed by atoms with Crippen LogP contribution in [-0.4, -0.2) is 35.2 Å². The van der Waals surface area contributed by atoms with Gasteiger partial charge in [0, 0.05) is 30.8 Å². The van der Waals surface area contributed by atoms with Crippen molar-refractivity contribution in [3.63, 3.8) is 0 Å². The van der Waals surface area contributed by atoms with E-state index < -0.39 is 0 Å². The zero-order chi connectivity index (χ0) is 17.8. The first-order chi connectivity index (χ1) is 12.8. The monoisotopic (exact) mass is 370 g/mol. The Morgan fingerprint density at radius 3 is 2.77 bits per heavy atom. The van der Waals surface area contributed by atoms with E-state index in [9.17, 15) is 4.79 Å². The molecule has 8 heteroatoms. The number of anilines is 1. The van der Waals surface area contributed by atoms with E-state index in [0.29, 0.717) is 10.7 Å². The van der Waals surface area contributed by atoms with E-state index in [1.54, 1.807) is 24.5 Å². The van der Waals surface area contributed by atoms with Crippen LogP contribution in [0.1, 0.15) is 23.2 Å². The van der Waals surface area contributed by atoms with E-state index in [4.69, 9.17) is 9.47 Å². The Labute approximate surface area is 154 Å². The molecule has 1 aromatic carbocycles. The number of aromatic nitrogens is 2. The normalized spacial score (nSPS) is 14.9. The summed E-state index contributed by atoms with van der Waals surface area (Å²) in [4.78, 5) is 20.7.